The van der Waals surface area contributed by atoms with Crippen LogP contribution in [0.15, 0.2) is 18.2 Å². The minimum Gasteiger partial charge on any atom is -0.378 e. The fraction of sp³-hybridized carbons (Fsp3) is 0.571. The third-order valence-electron chi connectivity index (χ3n) is 3.36. The SMILES string of the molecule is CC1CC(NCc2cc(F)cc(C(F)(F)F)c2)CCO1. The Balaban J connectivity index is 2.00. The fourth-order valence-corrected chi connectivity index (χ4v) is 2.36. The first-order valence-electron chi connectivity index (χ1n) is 6.56. The van der Waals surface area contributed by atoms with Gasteiger partial charge in [0.2, 0.25) is 0 Å². The quantitative estimate of drug-likeness (QED) is 0.861. The van der Waals surface area contributed by atoms with Crippen LogP contribution in [0, 0.1) is 5.82 Å². The van der Waals surface area contributed by atoms with E-state index < -0.39 is 17.6 Å². The topological polar surface area (TPSA) is 21.3 Å². The lowest BCUT2D eigenvalue weighted by atomic mass is 10.0. The van der Waals surface area contributed by atoms with E-state index in [0.29, 0.717) is 18.2 Å². The molecule has 1 N–H and O–H groups in total. The van der Waals surface area contributed by atoms with Gasteiger partial charge in [-0.2, -0.15) is 13.2 Å². The smallest absolute Gasteiger partial charge is 0.378 e. The number of alkyl halides is 3. The van der Waals surface area contributed by atoms with Crippen molar-refractivity contribution in [2.24, 2.45) is 0 Å². The van der Waals surface area contributed by atoms with E-state index in [2.05, 4.69) is 5.32 Å². The molecule has 0 aromatic heterocycles. The first kappa shape index (κ1) is 15.3. The molecule has 1 fully saturated rings. The molecule has 0 spiro atoms. The van der Waals surface area contributed by atoms with E-state index in [0.717, 1.165) is 25.0 Å². The first-order valence-corrected chi connectivity index (χ1v) is 6.56. The zero-order valence-corrected chi connectivity index (χ0v) is 11.1. The number of ether oxygens (including phenoxy) is 1. The molecule has 20 heavy (non-hydrogen) atoms. The van der Waals surface area contributed by atoms with Crippen LogP contribution < -0.4 is 5.32 Å². The summed E-state index contributed by atoms with van der Waals surface area (Å²) < 4.78 is 56.4. The molecule has 1 aliphatic rings. The number of hydrogen-bond donors (Lipinski definition) is 1. The molecule has 0 radical (unpaired) electrons. The minimum absolute atomic E-state index is 0.138. The van der Waals surface area contributed by atoms with Gasteiger partial charge in [-0.25, -0.2) is 4.39 Å². The lowest BCUT2D eigenvalue weighted by Crippen LogP contribution is -2.37. The van der Waals surface area contributed by atoms with E-state index in [-0.39, 0.29) is 18.7 Å². The molecule has 1 heterocycles. The van der Waals surface area contributed by atoms with Crippen molar-refractivity contribution in [2.75, 3.05) is 6.61 Å². The van der Waals surface area contributed by atoms with Gasteiger partial charge in [-0.3, -0.25) is 0 Å². The van der Waals surface area contributed by atoms with E-state index in [9.17, 15) is 17.6 Å². The van der Waals surface area contributed by atoms with Crippen LogP contribution in [0.25, 0.3) is 0 Å². The lowest BCUT2D eigenvalue weighted by Gasteiger charge is -2.28. The monoisotopic (exact) mass is 291 g/mol. The Morgan fingerprint density at radius 2 is 2.05 bits per heavy atom. The predicted octanol–water partition coefficient (Wildman–Crippen LogP) is 3.50. The van der Waals surface area contributed by atoms with E-state index >= 15 is 0 Å². The van der Waals surface area contributed by atoms with Crippen molar-refractivity contribution in [3.63, 3.8) is 0 Å². The summed E-state index contributed by atoms with van der Waals surface area (Å²) in [5, 5.41) is 3.16. The maximum Gasteiger partial charge on any atom is 0.416 e. The minimum atomic E-state index is -4.52. The molecule has 112 valence electrons. The molecular formula is C14H17F4NO. The third kappa shape index (κ3) is 4.18. The van der Waals surface area contributed by atoms with Crippen molar-refractivity contribution < 1.29 is 22.3 Å². The van der Waals surface area contributed by atoms with Crippen molar-refractivity contribution in [3.8, 4) is 0 Å². The zero-order chi connectivity index (χ0) is 14.8. The average molecular weight is 291 g/mol. The summed E-state index contributed by atoms with van der Waals surface area (Å²) in [5.41, 5.74) is -0.647. The zero-order valence-electron chi connectivity index (χ0n) is 11.1. The van der Waals surface area contributed by atoms with Crippen LogP contribution in [-0.2, 0) is 17.5 Å². The van der Waals surface area contributed by atoms with Gasteiger partial charge in [0.1, 0.15) is 5.82 Å². The lowest BCUT2D eigenvalue weighted by molar-refractivity contribution is -0.137. The van der Waals surface area contributed by atoms with Crippen LogP contribution in [0.4, 0.5) is 17.6 Å². The van der Waals surface area contributed by atoms with Crippen LogP contribution in [0.5, 0.6) is 0 Å². The first-order chi connectivity index (χ1) is 9.34. The van der Waals surface area contributed by atoms with Crippen molar-refractivity contribution in [1.29, 1.82) is 0 Å². The highest BCUT2D eigenvalue weighted by Crippen LogP contribution is 2.30. The summed E-state index contributed by atoms with van der Waals surface area (Å²) in [7, 11) is 0. The van der Waals surface area contributed by atoms with Gasteiger partial charge < -0.3 is 10.1 Å². The van der Waals surface area contributed by atoms with Gasteiger partial charge in [-0.05, 0) is 43.5 Å². The van der Waals surface area contributed by atoms with Gasteiger partial charge >= 0.3 is 6.18 Å². The highest BCUT2D eigenvalue weighted by atomic mass is 19.4. The summed E-state index contributed by atoms with van der Waals surface area (Å²) in [4.78, 5) is 0. The molecule has 6 heteroatoms. The van der Waals surface area contributed by atoms with E-state index in [4.69, 9.17) is 4.74 Å². The third-order valence-corrected chi connectivity index (χ3v) is 3.36. The summed E-state index contributed by atoms with van der Waals surface area (Å²) in [5.74, 6) is -0.864. The van der Waals surface area contributed by atoms with E-state index in [1.54, 1.807) is 0 Å². The van der Waals surface area contributed by atoms with Gasteiger partial charge in [0.15, 0.2) is 0 Å². The maximum atomic E-state index is 13.2. The standard InChI is InChI=1S/C14H17F4NO/c1-9-4-13(2-3-20-9)19-8-10-5-11(14(16,17)18)7-12(15)6-10/h5-7,9,13,19H,2-4,8H2,1H3. The molecule has 2 unspecified atom stereocenters. The second-order valence-corrected chi connectivity index (χ2v) is 5.13. The Labute approximate surface area is 115 Å². The van der Waals surface area contributed by atoms with Crippen molar-refractivity contribution >= 4 is 0 Å². The Morgan fingerprint density at radius 3 is 2.70 bits per heavy atom. The van der Waals surface area contributed by atoms with Crippen molar-refractivity contribution in [3.05, 3.63) is 35.1 Å². The molecular weight excluding hydrogens is 274 g/mol. The summed E-state index contributed by atoms with van der Waals surface area (Å²) in [6.07, 6.45) is -2.77. The molecule has 0 aliphatic carbocycles. The molecule has 1 saturated heterocycles. The average Bonchev–Trinajstić information content (AvgIpc) is 2.35. The largest absolute Gasteiger partial charge is 0.416 e. The van der Waals surface area contributed by atoms with Gasteiger partial charge in [0.05, 0.1) is 11.7 Å². The van der Waals surface area contributed by atoms with E-state index in [1.165, 1.54) is 0 Å². The molecule has 1 aliphatic heterocycles. The molecule has 1 aromatic rings. The van der Waals surface area contributed by atoms with Crippen LogP contribution in [0.3, 0.4) is 0 Å². The van der Waals surface area contributed by atoms with Gasteiger partial charge in [-0.15, -0.1) is 0 Å². The number of hydrogen-bond acceptors (Lipinski definition) is 2. The number of halogens is 4. The maximum absolute atomic E-state index is 13.2. The van der Waals surface area contributed by atoms with Crippen molar-refractivity contribution in [1.82, 2.24) is 5.32 Å². The number of nitrogens with one attached hydrogen (secondary N) is 1. The fourth-order valence-electron chi connectivity index (χ4n) is 2.36. The molecule has 2 atom stereocenters. The van der Waals surface area contributed by atoms with Gasteiger partial charge in [0.25, 0.3) is 0 Å². The Hall–Kier alpha value is -1.14. The van der Waals surface area contributed by atoms with E-state index in [1.807, 2.05) is 6.92 Å². The molecule has 0 saturated carbocycles. The van der Waals surface area contributed by atoms with Crippen LogP contribution in [-0.4, -0.2) is 18.8 Å². The van der Waals surface area contributed by atoms with Crippen LogP contribution in [0.2, 0.25) is 0 Å². The predicted molar refractivity (Wildman–Crippen MR) is 66.7 cm³/mol. The normalized spacial score (nSPS) is 23.9. The van der Waals surface area contributed by atoms with Gasteiger partial charge in [-0.1, -0.05) is 0 Å². The second kappa shape index (κ2) is 6.10. The van der Waals surface area contributed by atoms with Gasteiger partial charge in [0, 0.05) is 19.2 Å². The Morgan fingerprint density at radius 1 is 1.30 bits per heavy atom. The molecule has 2 nitrogen and oxygen atoms in total. The van der Waals surface area contributed by atoms with Crippen molar-refractivity contribution in [2.45, 2.75) is 44.6 Å². The summed E-state index contributed by atoms with van der Waals surface area (Å²) >= 11 is 0. The second-order valence-electron chi connectivity index (χ2n) is 5.13. The Kier molecular flexibility index (Phi) is 4.65. The number of rotatable bonds is 3. The Bertz CT molecular complexity index is 461. The highest BCUT2D eigenvalue weighted by molar-refractivity contribution is 5.26. The summed E-state index contributed by atoms with van der Waals surface area (Å²) in [6.45, 7) is 2.81. The highest BCUT2D eigenvalue weighted by Gasteiger charge is 2.31. The van der Waals surface area contributed by atoms with Crippen LogP contribution in [0.1, 0.15) is 30.9 Å². The van der Waals surface area contributed by atoms with Crippen LogP contribution >= 0.6 is 0 Å². The molecule has 0 bridgehead atoms. The molecule has 0 amide bonds. The summed E-state index contributed by atoms with van der Waals surface area (Å²) in [6, 6.07) is 2.82. The number of benzene rings is 1. The molecule has 2 rings (SSSR count). The molecule has 1 aromatic carbocycles.